The maximum absolute atomic E-state index is 12.7. The van der Waals surface area contributed by atoms with Crippen molar-refractivity contribution in [2.24, 2.45) is 0 Å². The minimum Gasteiger partial charge on any atom is -0.478 e. The summed E-state index contributed by atoms with van der Waals surface area (Å²) in [7, 11) is 3.99. The van der Waals surface area contributed by atoms with Crippen molar-refractivity contribution in [3.63, 3.8) is 0 Å². The van der Waals surface area contributed by atoms with Crippen molar-refractivity contribution in [3.8, 4) is 0 Å². The highest BCUT2D eigenvalue weighted by Gasteiger charge is 2.14. The van der Waals surface area contributed by atoms with Crippen molar-refractivity contribution < 1.29 is 9.90 Å². The van der Waals surface area contributed by atoms with Gasteiger partial charge in [-0.05, 0) is 60.7 Å². The van der Waals surface area contributed by atoms with E-state index in [1.165, 1.54) is 6.07 Å². The zero-order chi connectivity index (χ0) is 22.5. The van der Waals surface area contributed by atoms with Gasteiger partial charge in [0.25, 0.3) is 5.56 Å². The van der Waals surface area contributed by atoms with Crippen molar-refractivity contribution in [1.29, 1.82) is 0 Å². The van der Waals surface area contributed by atoms with Crippen LogP contribution in [0.15, 0.2) is 59.4 Å². The number of halogens is 2. The number of anilines is 1. The molecule has 0 saturated carbocycles. The fourth-order valence-electron chi connectivity index (χ4n) is 3.44. The average molecular weight is 459 g/mol. The van der Waals surface area contributed by atoms with Crippen LogP contribution in [0.1, 0.15) is 27.2 Å². The molecule has 0 aliphatic heterocycles. The molecule has 162 valence electrons. The zero-order valence-corrected chi connectivity index (χ0v) is 19.0. The molecule has 0 amide bonds. The zero-order valence-electron chi connectivity index (χ0n) is 17.4. The summed E-state index contributed by atoms with van der Waals surface area (Å²) in [5.41, 5.74) is 3.89. The van der Waals surface area contributed by atoms with E-state index < -0.39 is 5.97 Å². The Labute approximate surface area is 191 Å². The molecule has 0 atom stereocenters. The Morgan fingerprint density at radius 2 is 1.65 bits per heavy atom. The molecule has 7 heteroatoms. The van der Waals surface area contributed by atoms with Gasteiger partial charge in [0.2, 0.25) is 0 Å². The summed E-state index contributed by atoms with van der Waals surface area (Å²) in [6.07, 6.45) is 1.88. The van der Waals surface area contributed by atoms with E-state index in [-0.39, 0.29) is 16.1 Å². The molecule has 0 saturated heterocycles. The Morgan fingerprint density at radius 1 is 0.935 bits per heavy atom. The second-order valence-corrected chi connectivity index (χ2v) is 8.37. The number of hydrogen-bond acceptors (Lipinski definition) is 3. The van der Waals surface area contributed by atoms with E-state index in [0.29, 0.717) is 24.4 Å². The fraction of sp³-hybridized carbons (Fsp3) is 0.250. The van der Waals surface area contributed by atoms with Crippen LogP contribution in [0.4, 0.5) is 5.69 Å². The second kappa shape index (κ2) is 10.0. The van der Waals surface area contributed by atoms with E-state index >= 15 is 0 Å². The van der Waals surface area contributed by atoms with Crippen molar-refractivity contribution in [2.45, 2.75) is 25.8 Å². The van der Waals surface area contributed by atoms with Crippen LogP contribution in [0.3, 0.4) is 0 Å². The van der Waals surface area contributed by atoms with Crippen LogP contribution in [0.2, 0.25) is 10.0 Å². The molecule has 0 aliphatic rings. The predicted octanol–water partition coefficient (Wildman–Crippen LogP) is 4.95. The number of nitrogens with zero attached hydrogens (tertiary/aromatic N) is 2. The molecule has 3 rings (SSSR count). The summed E-state index contributed by atoms with van der Waals surface area (Å²) in [5.74, 6) is -0.968. The van der Waals surface area contributed by atoms with Crippen LogP contribution in [-0.2, 0) is 25.8 Å². The summed E-state index contributed by atoms with van der Waals surface area (Å²) in [6, 6.07) is 16.4. The molecule has 1 heterocycles. The highest BCUT2D eigenvalue weighted by atomic mass is 35.5. The molecule has 0 bridgehead atoms. The number of carboxylic acid groups (broad SMARTS) is 1. The normalized spacial score (nSPS) is 10.8. The van der Waals surface area contributed by atoms with Crippen molar-refractivity contribution in [3.05, 3.63) is 97.4 Å². The molecule has 3 aromatic rings. The van der Waals surface area contributed by atoms with E-state index in [1.54, 1.807) is 28.8 Å². The Hall–Kier alpha value is -2.76. The number of carbonyl (C=O) groups is 1. The Balaban J connectivity index is 1.82. The van der Waals surface area contributed by atoms with Crippen molar-refractivity contribution in [2.75, 3.05) is 19.0 Å². The fourth-order valence-corrected chi connectivity index (χ4v) is 4.01. The van der Waals surface area contributed by atoms with Gasteiger partial charge in [0.05, 0.1) is 10.6 Å². The minimum atomic E-state index is -0.968. The van der Waals surface area contributed by atoms with Gasteiger partial charge in [0.15, 0.2) is 0 Å². The smallest absolute Gasteiger partial charge is 0.335 e. The summed E-state index contributed by atoms with van der Waals surface area (Å²) in [4.78, 5) is 25.8. The molecule has 5 nitrogen and oxygen atoms in total. The average Bonchev–Trinajstić information content (AvgIpc) is 2.75. The summed E-state index contributed by atoms with van der Waals surface area (Å²) in [5, 5.41) is 9.60. The van der Waals surface area contributed by atoms with Crippen LogP contribution < -0.4 is 10.5 Å². The third-order valence-corrected chi connectivity index (χ3v) is 5.80. The quantitative estimate of drug-likeness (QED) is 0.518. The van der Waals surface area contributed by atoms with E-state index in [0.717, 1.165) is 28.9 Å². The first-order chi connectivity index (χ1) is 14.8. The lowest BCUT2D eigenvalue weighted by molar-refractivity contribution is 0.0697. The van der Waals surface area contributed by atoms with E-state index in [9.17, 15) is 9.59 Å². The molecule has 0 fully saturated rings. The molecular formula is C24H24Cl2N2O3. The molecule has 0 unspecified atom stereocenters. The van der Waals surface area contributed by atoms with Gasteiger partial charge >= 0.3 is 5.97 Å². The second-order valence-electron chi connectivity index (χ2n) is 7.56. The van der Waals surface area contributed by atoms with E-state index in [4.69, 9.17) is 28.3 Å². The van der Waals surface area contributed by atoms with Crippen molar-refractivity contribution in [1.82, 2.24) is 4.57 Å². The highest BCUT2D eigenvalue weighted by molar-refractivity contribution is 6.34. The first kappa shape index (κ1) is 22.9. The highest BCUT2D eigenvalue weighted by Crippen LogP contribution is 2.22. The van der Waals surface area contributed by atoms with Gasteiger partial charge in [-0.15, -0.1) is 0 Å². The van der Waals surface area contributed by atoms with E-state index in [2.05, 4.69) is 12.1 Å². The third-order valence-electron chi connectivity index (χ3n) is 5.21. The molecule has 0 spiro atoms. The first-order valence-electron chi connectivity index (χ1n) is 9.92. The molecule has 1 N–H and O–H groups in total. The number of aryl methyl sites for hydroxylation is 2. The Morgan fingerprint density at radius 3 is 2.29 bits per heavy atom. The molecule has 0 radical (unpaired) electrons. The number of carboxylic acids is 1. The monoisotopic (exact) mass is 458 g/mol. The van der Waals surface area contributed by atoms with Crippen molar-refractivity contribution >= 4 is 34.9 Å². The third kappa shape index (κ3) is 5.69. The molecule has 1 aromatic heterocycles. The van der Waals surface area contributed by atoms with Gasteiger partial charge < -0.3 is 14.6 Å². The van der Waals surface area contributed by atoms with Crippen LogP contribution in [0, 0.1) is 0 Å². The minimum absolute atomic E-state index is 0.0876. The van der Waals surface area contributed by atoms with Crippen LogP contribution in [0.25, 0.3) is 0 Å². The maximum atomic E-state index is 12.7. The number of benzene rings is 2. The Bertz CT molecular complexity index is 1140. The first-order valence-corrected chi connectivity index (χ1v) is 10.7. The number of aromatic carboxylic acids is 1. The molecule has 2 aromatic carbocycles. The Kier molecular flexibility index (Phi) is 7.42. The number of aromatic nitrogens is 1. The maximum Gasteiger partial charge on any atom is 0.335 e. The van der Waals surface area contributed by atoms with Gasteiger partial charge in [0, 0.05) is 32.0 Å². The lowest BCUT2D eigenvalue weighted by Crippen LogP contribution is -2.25. The lowest BCUT2D eigenvalue weighted by Gasteiger charge is -2.17. The van der Waals surface area contributed by atoms with Gasteiger partial charge in [-0.2, -0.15) is 0 Å². The summed E-state index contributed by atoms with van der Waals surface area (Å²) < 4.78 is 1.63. The topological polar surface area (TPSA) is 62.5 Å². The number of hydrogen-bond donors (Lipinski definition) is 1. The van der Waals surface area contributed by atoms with E-state index in [1.807, 2.05) is 31.1 Å². The summed E-state index contributed by atoms with van der Waals surface area (Å²) >= 11 is 12.6. The molecule has 31 heavy (non-hydrogen) atoms. The van der Waals surface area contributed by atoms with Crippen LogP contribution in [-0.4, -0.2) is 29.7 Å². The predicted molar refractivity (Wildman–Crippen MR) is 126 cm³/mol. The lowest BCUT2D eigenvalue weighted by atomic mass is 10.1. The largest absolute Gasteiger partial charge is 0.478 e. The summed E-state index contributed by atoms with van der Waals surface area (Å²) in [6.45, 7) is 0.401. The van der Waals surface area contributed by atoms with Gasteiger partial charge in [0.1, 0.15) is 5.02 Å². The number of pyridine rings is 1. The van der Waals surface area contributed by atoms with Gasteiger partial charge in [-0.1, -0.05) is 47.5 Å². The van der Waals surface area contributed by atoms with Gasteiger partial charge in [-0.3, -0.25) is 4.79 Å². The van der Waals surface area contributed by atoms with Crippen LogP contribution >= 0.6 is 23.2 Å². The van der Waals surface area contributed by atoms with Gasteiger partial charge in [-0.25, -0.2) is 4.79 Å². The number of rotatable bonds is 8. The standard InChI is InChI=1S/C24H24Cl2N2O3/c1-27(2)19-5-3-4-17(14-19)8-11-22-20(25)15-21(26)23(29)28(22)13-12-16-6-9-18(10-7-16)24(30)31/h3-7,9-10,14-15H,8,11-13H2,1-2H3,(H,30,31). The SMILES string of the molecule is CN(C)c1cccc(CCc2c(Cl)cc(Cl)c(=O)n2CCc2ccc(C(=O)O)cc2)c1. The molecule has 0 aliphatic carbocycles. The molecular weight excluding hydrogens is 435 g/mol. The van der Waals surface area contributed by atoms with Crippen LogP contribution in [0.5, 0.6) is 0 Å².